The predicted octanol–water partition coefficient (Wildman–Crippen LogP) is 17.8. The normalized spacial score (nSPS) is 15.1. The molecule has 0 aromatic rings. The molecule has 0 radical (unpaired) electrons. The summed E-state index contributed by atoms with van der Waals surface area (Å²) in [5.74, 6) is 0.788. The highest BCUT2D eigenvalue weighted by Gasteiger charge is 2.30. The second-order valence-electron chi connectivity index (χ2n) is 24.9. The van der Waals surface area contributed by atoms with Crippen LogP contribution in [-0.2, 0) is 65.4 Å². The van der Waals surface area contributed by atoms with Crippen molar-refractivity contribution in [2.24, 2.45) is 23.7 Å². The summed E-state index contributed by atoms with van der Waals surface area (Å²) < 4.78 is 68.0. The molecule has 0 rings (SSSR count). The molecule has 0 fully saturated rings. The fourth-order valence-corrected chi connectivity index (χ4v) is 11.1. The lowest BCUT2D eigenvalue weighted by Gasteiger charge is -2.21. The SMILES string of the molecule is CCC(C)CCCCCCCCCCC(=O)OC[C@H](COP(=O)(O)OC[C@@H](O)COP(=O)(O)OC[C@@H](COC(=O)CCCCCCCCC(C)CC)OC(=O)CCCCCCCCC(C)C)OC(=O)CCCCCCCCCCCCC(C)C. The second kappa shape index (κ2) is 55.2. The van der Waals surface area contributed by atoms with Crippen LogP contribution in [-0.4, -0.2) is 96.7 Å². The van der Waals surface area contributed by atoms with Gasteiger partial charge in [0.2, 0.25) is 0 Å². The molecule has 4 unspecified atom stereocenters. The molecule has 0 saturated carbocycles. The number of rotatable bonds is 62. The minimum Gasteiger partial charge on any atom is -0.462 e. The first-order chi connectivity index (χ1) is 40.2. The quantitative estimate of drug-likeness (QED) is 0.0222. The minimum atomic E-state index is -4.95. The zero-order valence-electron chi connectivity index (χ0n) is 54.5. The molecule has 0 aromatic heterocycles. The number of phosphoric acid groups is 2. The van der Waals surface area contributed by atoms with E-state index in [1.54, 1.807) is 0 Å². The van der Waals surface area contributed by atoms with Gasteiger partial charge in [-0.3, -0.25) is 37.3 Å². The number of carbonyl (C=O) groups is 4. The number of esters is 4. The van der Waals surface area contributed by atoms with Gasteiger partial charge in [-0.1, -0.05) is 261 Å². The van der Waals surface area contributed by atoms with Crippen molar-refractivity contribution in [1.82, 2.24) is 0 Å². The topological polar surface area (TPSA) is 237 Å². The van der Waals surface area contributed by atoms with Crippen molar-refractivity contribution >= 4 is 39.5 Å². The van der Waals surface area contributed by atoms with Crippen molar-refractivity contribution in [2.45, 2.75) is 331 Å². The molecule has 0 bridgehead atoms. The van der Waals surface area contributed by atoms with Crippen LogP contribution in [0.3, 0.4) is 0 Å². The van der Waals surface area contributed by atoms with E-state index in [4.69, 9.17) is 37.0 Å². The fourth-order valence-electron chi connectivity index (χ4n) is 9.54. The molecule has 0 saturated heterocycles. The first-order valence-electron chi connectivity index (χ1n) is 33.8. The Morgan fingerprint density at radius 1 is 0.333 bits per heavy atom. The lowest BCUT2D eigenvalue weighted by atomic mass is 9.99. The van der Waals surface area contributed by atoms with Gasteiger partial charge in [0.15, 0.2) is 12.2 Å². The Kier molecular flexibility index (Phi) is 53.9. The standard InChI is InChI=1S/C65H126O17P2/c1-9-57(7)43-35-27-18-15-16-19-29-37-45-62(67)75-51-60(81-64(69)47-39-31-20-14-12-11-13-17-25-33-41-55(3)4)53-79-83(71,72)77-49-59(66)50-78-84(73,74)80-54-61(82-65(70)48-40-32-23-21-26-34-42-56(5)6)52-76-63(68)46-38-30-24-22-28-36-44-58(8)10-2/h55-61,66H,9-54H2,1-8H3,(H,71,72)(H,73,74)/t57?,58?,59-,60-,61-/m1/s1. The molecule has 7 atom stereocenters. The molecular formula is C65H126O17P2. The Bertz CT molecular complexity index is 1680. The van der Waals surface area contributed by atoms with Crippen LogP contribution in [0.2, 0.25) is 0 Å². The molecule has 0 aliphatic rings. The van der Waals surface area contributed by atoms with Gasteiger partial charge in [0.05, 0.1) is 26.4 Å². The molecule has 17 nitrogen and oxygen atoms in total. The van der Waals surface area contributed by atoms with Gasteiger partial charge in [0, 0.05) is 25.7 Å². The van der Waals surface area contributed by atoms with Crippen molar-refractivity contribution in [3.63, 3.8) is 0 Å². The molecular weight excluding hydrogens is 1110 g/mol. The lowest BCUT2D eigenvalue weighted by molar-refractivity contribution is -0.161. The minimum absolute atomic E-state index is 0.101. The number of phosphoric ester groups is 2. The van der Waals surface area contributed by atoms with Crippen LogP contribution >= 0.6 is 15.6 Å². The highest BCUT2D eigenvalue weighted by Crippen LogP contribution is 2.45. The van der Waals surface area contributed by atoms with E-state index in [9.17, 15) is 43.2 Å². The van der Waals surface area contributed by atoms with Gasteiger partial charge in [-0.25, -0.2) is 9.13 Å². The molecule has 0 spiro atoms. The highest BCUT2D eigenvalue weighted by molar-refractivity contribution is 7.47. The summed E-state index contributed by atoms with van der Waals surface area (Å²) in [6.07, 6.45) is 35.0. The first kappa shape index (κ1) is 82.1. The molecule has 0 heterocycles. The van der Waals surface area contributed by atoms with Crippen LogP contribution in [0.4, 0.5) is 0 Å². The average Bonchev–Trinajstić information content (AvgIpc) is 3.55. The zero-order chi connectivity index (χ0) is 62.5. The molecule has 0 amide bonds. The predicted molar refractivity (Wildman–Crippen MR) is 335 cm³/mol. The van der Waals surface area contributed by atoms with Gasteiger partial charge in [-0.2, -0.15) is 0 Å². The highest BCUT2D eigenvalue weighted by atomic mass is 31.2. The average molecular weight is 1240 g/mol. The summed E-state index contributed by atoms with van der Waals surface area (Å²) in [6, 6.07) is 0. The van der Waals surface area contributed by atoms with Crippen molar-refractivity contribution in [3.8, 4) is 0 Å². The third kappa shape index (κ3) is 56.6. The Hall–Kier alpha value is -1.94. The Morgan fingerprint density at radius 3 is 0.845 bits per heavy atom. The Balaban J connectivity index is 5.26. The molecule has 0 aromatic carbocycles. The summed E-state index contributed by atoms with van der Waals surface area (Å²) in [5, 5.41) is 10.5. The monoisotopic (exact) mass is 1240 g/mol. The molecule has 0 aliphatic carbocycles. The molecule has 84 heavy (non-hydrogen) atoms. The zero-order valence-corrected chi connectivity index (χ0v) is 56.3. The van der Waals surface area contributed by atoms with Gasteiger partial charge in [0.1, 0.15) is 19.3 Å². The van der Waals surface area contributed by atoms with Crippen molar-refractivity contribution in [2.75, 3.05) is 39.6 Å². The third-order valence-electron chi connectivity index (χ3n) is 15.5. The van der Waals surface area contributed by atoms with E-state index >= 15 is 0 Å². The Labute approximate surface area is 511 Å². The summed E-state index contributed by atoms with van der Waals surface area (Å²) in [4.78, 5) is 72.2. The fraction of sp³-hybridized carbons (Fsp3) is 0.938. The van der Waals surface area contributed by atoms with E-state index in [1.165, 1.54) is 109 Å². The second-order valence-corrected chi connectivity index (χ2v) is 27.8. The van der Waals surface area contributed by atoms with E-state index in [0.29, 0.717) is 31.6 Å². The van der Waals surface area contributed by atoms with Crippen molar-refractivity contribution in [1.29, 1.82) is 0 Å². The Morgan fingerprint density at radius 2 is 0.571 bits per heavy atom. The van der Waals surface area contributed by atoms with E-state index in [-0.39, 0.29) is 25.7 Å². The largest absolute Gasteiger partial charge is 0.472 e. The van der Waals surface area contributed by atoms with Crippen LogP contribution in [0.25, 0.3) is 0 Å². The van der Waals surface area contributed by atoms with E-state index < -0.39 is 97.5 Å². The number of aliphatic hydroxyl groups excluding tert-OH is 1. The summed E-state index contributed by atoms with van der Waals surface area (Å²) >= 11 is 0. The van der Waals surface area contributed by atoms with E-state index in [1.807, 2.05) is 0 Å². The van der Waals surface area contributed by atoms with Gasteiger partial charge in [-0.15, -0.1) is 0 Å². The van der Waals surface area contributed by atoms with Crippen LogP contribution in [0.5, 0.6) is 0 Å². The van der Waals surface area contributed by atoms with Crippen molar-refractivity contribution < 1.29 is 80.2 Å². The number of hydrogen-bond donors (Lipinski definition) is 3. The maximum Gasteiger partial charge on any atom is 0.472 e. The first-order valence-corrected chi connectivity index (χ1v) is 36.8. The summed E-state index contributed by atoms with van der Waals surface area (Å²) in [7, 11) is -9.89. The van der Waals surface area contributed by atoms with Crippen LogP contribution < -0.4 is 0 Å². The maximum atomic E-state index is 13.0. The summed E-state index contributed by atoms with van der Waals surface area (Å²) in [6.45, 7) is 14.0. The number of hydrogen-bond acceptors (Lipinski definition) is 15. The van der Waals surface area contributed by atoms with Crippen LogP contribution in [0, 0.1) is 23.7 Å². The number of ether oxygens (including phenoxy) is 4. The van der Waals surface area contributed by atoms with E-state index in [0.717, 1.165) is 114 Å². The summed E-state index contributed by atoms with van der Waals surface area (Å²) in [5.41, 5.74) is 0. The molecule has 19 heteroatoms. The van der Waals surface area contributed by atoms with Gasteiger partial charge in [-0.05, 0) is 49.4 Å². The van der Waals surface area contributed by atoms with E-state index in [2.05, 4.69) is 55.4 Å². The number of unbranched alkanes of at least 4 members (excludes halogenated alkanes) is 26. The van der Waals surface area contributed by atoms with Crippen LogP contribution in [0.15, 0.2) is 0 Å². The smallest absolute Gasteiger partial charge is 0.462 e. The van der Waals surface area contributed by atoms with Crippen molar-refractivity contribution in [3.05, 3.63) is 0 Å². The number of carbonyl (C=O) groups excluding carboxylic acids is 4. The van der Waals surface area contributed by atoms with Crippen LogP contribution in [0.1, 0.15) is 312 Å². The molecule has 3 N–H and O–H groups in total. The number of aliphatic hydroxyl groups is 1. The lowest BCUT2D eigenvalue weighted by Crippen LogP contribution is -2.30. The van der Waals surface area contributed by atoms with Gasteiger partial charge in [0.25, 0.3) is 0 Å². The van der Waals surface area contributed by atoms with Gasteiger partial charge >= 0.3 is 39.5 Å². The van der Waals surface area contributed by atoms with Gasteiger partial charge < -0.3 is 33.8 Å². The maximum absolute atomic E-state index is 13.0. The molecule has 498 valence electrons. The molecule has 0 aliphatic heterocycles. The third-order valence-corrected chi connectivity index (χ3v) is 17.4.